The average molecular weight is 471 g/mol. The minimum atomic E-state index is -3.79. The molecule has 1 aromatic heterocycles. The van der Waals surface area contributed by atoms with Crippen LogP contribution in [0.15, 0.2) is 70.2 Å². The van der Waals surface area contributed by atoms with Crippen molar-refractivity contribution < 1.29 is 27.1 Å². The van der Waals surface area contributed by atoms with E-state index in [0.717, 1.165) is 12.2 Å². The number of anilines is 1. The molecular formula is C24H26N2O6S. The van der Waals surface area contributed by atoms with Crippen molar-refractivity contribution in [2.45, 2.75) is 37.1 Å². The fraction of sp³-hybridized carbons (Fsp3) is 0.292. The molecule has 1 amide bonds. The van der Waals surface area contributed by atoms with Gasteiger partial charge in [-0.1, -0.05) is 6.07 Å². The number of hydrogen-bond donors (Lipinski definition) is 2. The van der Waals surface area contributed by atoms with Crippen LogP contribution in [0.2, 0.25) is 0 Å². The number of carbonyl (C=O) groups is 1. The van der Waals surface area contributed by atoms with Crippen LogP contribution in [0.5, 0.6) is 11.5 Å². The van der Waals surface area contributed by atoms with Crippen LogP contribution in [-0.2, 0) is 16.4 Å². The lowest BCUT2D eigenvalue weighted by Gasteiger charge is -2.14. The molecular weight excluding hydrogens is 444 g/mol. The summed E-state index contributed by atoms with van der Waals surface area (Å²) in [6.45, 7) is 2.91. The molecule has 1 aliphatic heterocycles. The number of hydrogen-bond acceptors (Lipinski definition) is 6. The molecule has 0 spiro atoms. The predicted molar refractivity (Wildman–Crippen MR) is 123 cm³/mol. The van der Waals surface area contributed by atoms with Gasteiger partial charge in [0.05, 0.1) is 24.4 Å². The van der Waals surface area contributed by atoms with E-state index in [1.165, 1.54) is 12.1 Å². The largest absolute Gasteiger partial charge is 0.490 e. The fourth-order valence-electron chi connectivity index (χ4n) is 3.45. The molecule has 2 heterocycles. The molecule has 9 heteroatoms. The number of nitrogens with one attached hydrogen (secondary N) is 2. The van der Waals surface area contributed by atoms with Crippen molar-refractivity contribution in [1.29, 1.82) is 0 Å². The maximum Gasteiger partial charge on any atom is 0.255 e. The van der Waals surface area contributed by atoms with Crippen molar-refractivity contribution in [3.05, 3.63) is 72.2 Å². The van der Waals surface area contributed by atoms with Crippen molar-refractivity contribution in [2.24, 2.45) is 0 Å². The number of ether oxygens (including phenoxy) is 2. The molecule has 4 rings (SSSR count). The molecule has 0 saturated heterocycles. The van der Waals surface area contributed by atoms with Crippen molar-refractivity contribution in [2.75, 3.05) is 18.5 Å². The van der Waals surface area contributed by atoms with E-state index < -0.39 is 15.9 Å². The van der Waals surface area contributed by atoms with Gasteiger partial charge in [-0.15, -0.1) is 0 Å². The Morgan fingerprint density at radius 2 is 1.85 bits per heavy atom. The molecule has 0 aliphatic carbocycles. The lowest BCUT2D eigenvalue weighted by molar-refractivity contribution is 0.102. The minimum absolute atomic E-state index is 0.0265. The molecule has 33 heavy (non-hydrogen) atoms. The van der Waals surface area contributed by atoms with Crippen LogP contribution in [-0.4, -0.2) is 33.6 Å². The topological polar surface area (TPSA) is 107 Å². The lowest BCUT2D eigenvalue weighted by atomic mass is 10.2. The van der Waals surface area contributed by atoms with Gasteiger partial charge in [0.1, 0.15) is 5.76 Å². The number of furan rings is 1. The molecule has 8 nitrogen and oxygen atoms in total. The van der Waals surface area contributed by atoms with Gasteiger partial charge in [0.15, 0.2) is 11.5 Å². The highest BCUT2D eigenvalue weighted by Gasteiger charge is 2.20. The van der Waals surface area contributed by atoms with Crippen molar-refractivity contribution in [3.8, 4) is 11.5 Å². The number of fused-ring (bicyclic) bond motifs is 1. The third-order valence-electron chi connectivity index (χ3n) is 5.17. The van der Waals surface area contributed by atoms with Gasteiger partial charge in [0, 0.05) is 36.2 Å². The van der Waals surface area contributed by atoms with Gasteiger partial charge in [-0.05, 0) is 55.8 Å². The van der Waals surface area contributed by atoms with E-state index in [-0.39, 0.29) is 16.5 Å². The zero-order chi connectivity index (χ0) is 23.3. The first-order chi connectivity index (χ1) is 15.9. The van der Waals surface area contributed by atoms with Gasteiger partial charge in [-0.25, -0.2) is 13.1 Å². The van der Waals surface area contributed by atoms with Crippen LogP contribution in [0, 0.1) is 0 Å². The highest BCUT2D eigenvalue weighted by Crippen LogP contribution is 2.32. The Bertz CT molecular complexity index is 1210. The Hall–Kier alpha value is -3.30. The Kier molecular flexibility index (Phi) is 7.00. The predicted octanol–water partition coefficient (Wildman–Crippen LogP) is 3.99. The number of sulfonamides is 1. The Morgan fingerprint density at radius 1 is 1.03 bits per heavy atom. The van der Waals surface area contributed by atoms with E-state index in [2.05, 4.69) is 10.0 Å². The van der Waals surface area contributed by atoms with Crippen molar-refractivity contribution in [1.82, 2.24) is 4.72 Å². The highest BCUT2D eigenvalue weighted by molar-refractivity contribution is 7.89. The van der Waals surface area contributed by atoms with Crippen LogP contribution < -0.4 is 19.5 Å². The summed E-state index contributed by atoms with van der Waals surface area (Å²) in [5, 5.41) is 2.78. The van der Waals surface area contributed by atoms with Crippen molar-refractivity contribution >= 4 is 21.6 Å². The van der Waals surface area contributed by atoms with Gasteiger partial charge < -0.3 is 19.2 Å². The standard InChI is InChI=1S/C24H26N2O6S/c1-17(8-10-20-6-3-12-30-20)26-33(28,29)21-7-2-5-18(15-21)24(27)25-19-9-11-22-23(16-19)32-14-4-13-31-22/h2-3,5-7,9,11-12,15-17,26H,4,8,10,13-14H2,1H3,(H,25,27)/t17-/m0/s1. The van der Waals surface area contributed by atoms with Gasteiger partial charge in [-0.3, -0.25) is 4.79 Å². The zero-order valence-electron chi connectivity index (χ0n) is 18.2. The number of carbonyl (C=O) groups excluding carboxylic acids is 1. The first kappa shape index (κ1) is 22.9. The molecule has 0 unspecified atom stereocenters. The molecule has 1 aliphatic rings. The van der Waals surface area contributed by atoms with Crippen molar-refractivity contribution in [3.63, 3.8) is 0 Å². The van der Waals surface area contributed by atoms with Crippen LogP contribution in [0.25, 0.3) is 0 Å². The van der Waals surface area contributed by atoms with Gasteiger partial charge >= 0.3 is 0 Å². The second-order valence-corrected chi connectivity index (χ2v) is 9.55. The second kappa shape index (κ2) is 10.1. The van der Waals surface area contributed by atoms with Crippen LogP contribution in [0.3, 0.4) is 0 Å². The Balaban J connectivity index is 1.42. The third kappa shape index (κ3) is 5.94. The van der Waals surface area contributed by atoms with E-state index in [0.29, 0.717) is 43.2 Å². The highest BCUT2D eigenvalue weighted by atomic mass is 32.2. The van der Waals surface area contributed by atoms with E-state index >= 15 is 0 Å². The maximum atomic E-state index is 12.8. The molecule has 1 atom stereocenters. The number of amides is 1. The number of aryl methyl sites for hydroxylation is 1. The van der Waals surface area contributed by atoms with Crippen LogP contribution >= 0.6 is 0 Å². The van der Waals surface area contributed by atoms with E-state index in [4.69, 9.17) is 13.9 Å². The third-order valence-corrected chi connectivity index (χ3v) is 6.76. The average Bonchev–Trinajstić information content (AvgIpc) is 3.22. The first-order valence-electron chi connectivity index (χ1n) is 10.8. The normalized spacial score (nSPS) is 14.3. The second-order valence-electron chi connectivity index (χ2n) is 7.83. The summed E-state index contributed by atoms with van der Waals surface area (Å²) >= 11 is 0. The molecule has 0 bridgehead atoms. The molecule has 2 aromatic carbocycles. The number of benzene rings is 2. The first-order valence-corrected chi connectivity index (χ1v) is 12.2. The molecule has 2 N–H and O–H groups in total. The van der Waals surface area contributed by atoms with E-state index in [9.17, 15) is 13.2 Å². The minimum Gasteiger partial charge on any atom is -0.490 e. The summed E-state index contributed by atoms with van der Waals surface area (Å²) in [6, 6.07) is 14.4. The molecule has 3 aromatic rings. The maximum absolute atomic E-state index is 12.8. The molecule has 0 radical (unpaired) electrons. The molecule has 0 saturated carbocycles. The monoisotopic (exact) mass is 470 g/mol. The SMILES string of the molecule is C[C@@H](CCc1ccco1)NS(=O)(=O)c1cccc(C(=O)Nc2ccc3c(c2)OCCCO3)c1. The summed E-state index contributed by atoms with van der Waals surface area (Å²) in [4.78, 5) is 12.8. The quantitative estimate of drug-likeness (QED) is 0.516. The Labute approximate surface area is 193 Å². The number of rotatable bonds is 8. The Morgan fingerprint density at radius 3 is 2.64 bits per heavy atom. The van der Waals surface area contributed by atoms with Crippen LogP contribution in [0.4, 0.5) is 5.69 Å². The summed E-state index contributed by atoms with van der Waals surface area (Å²) in [5.74, 6) is 1.57. The summed E-state index contributed by atoms with van der Waals surface area (Å²) in [5.41, 5.74) is 0.760. The fourth-order valence-corrected chi connectivity index (χ4v) is 4.78. The summed E-state index contributed by atoms with van der Waals surface area (Å²) < 4.78 is 44.9. The van der Waals surface area contributed by atoms with Gasteiger partial charge in [0.25, 0.3) is 5.91 Å². The van der Waals surface area contributed by atoms with Gasteiger partial charge in [-0.2, -0.15) is 0 Å². The van der Waals surface area contributed by atoms with Gasteiger partial charge in [0.2, 0.25) is 10.0 Å². The summed E-state index contributed by atoms with van der Waals surface area (Å²) in [6.07, 6.45) is 3.58. The van der Waals surface area contributed by atoms with Crippen LogP contribution in [0.1, 0.15) is 35.9 Å². The van der Waals surface area contributed by atoms with E-state index in [1.807, 2.05) is 6.07 Å². The molecule has 174 valence electrons. The molecule has 0 fully saturated rings. The lowest BCUT2D eigenvalue weighted by Crippen LogP contribution is -2.33. The van der Waals surface area contributed by atoms with E-state index in [1.54, 1.807) is 49.6 Å². The summed E-state index contributed by atoms with van der Waals surface area (Å²) in [7, 11) is -3.79. The zero-order valence-corrected chi connectivity index (χ0v) is 19.1. The smallest absolute Gasteiger partial charge is 0.255 e.